The van der Waals surface area contributed by atoms with E-state index in [4.69, 9.17) is 4.42 Å². The number of aryl methyl sites for hydroxylation is 1. The van der Waals surface area contributed by atoms with Crippen molar-refractivity contribution < 1.29 is 14.1 Å². The number of hydrogen-bond acceptors (Lipinski definition) is 6. The van der Waals surface area contributed by atoms with Crippen molar-refractivity contribution in [2.75, 3.05) is 5.32 Å². The van der Waals surface area contributed by atoms with E-state index in [2.05, 4.69) is 10.3 Å². The minimum absolute atomic E-state index is 0.128. The minimum atomic E-state index is -0.697. The van der Waals surface area contributed by atoms with Gasteiger partial charge in [-0.25, -0.2) is 4.98 Å². The van der Waals surface area contributed by atoms with Gasteiger partial charge in [0.2, 0.25) is 0 Å². The molecule has 0 aliphatic rings. The Hall–Kier alpha value is -2.74. The van der Waals surface area contributed by atoms with Crippen LogP contribution >= 0.6 is 11.3 Å². The van der Waals surface area contributed by atoms with E-state index in [1.807, 2.05) is 25.1 Å². The third-order valence-electron chi connectivity index (χ3n) is 2.76. The highest BCUT2D eigenvalue weighted by atomic mass is 32.1. The van der Waals surface area contributed by atoms with Crippen molar-refractivity contribution in [1.29, 1.82) is 0 Å². The number of amides is 1. The van der Waals surface area contributed by atoms with Crippen LogP contribution in [-0.4, -0.2) is 15.8 Å². The van der Waals surface area contributed by atoms with Crippen molar-refractivity contribution in [3.8, 4) is 0 Å². The number of fused-ring (bicyclic) bond motifs is 1. The van der Waals surface area contributed by atoms with Gasteiger partial charge in [-0.2, -0.15) is 0 Å². The van der Waals surface area contributed by atoms with Crippen molar-refractivity contribution in [2.24, 2.45) is 0 Å². The molecule has 2 aromatic heterocycles. The third kappa shape index (κ3) is 2.61. The van der Waals surface area contributed by atoms with E-state index in [1.165, 1.54) is 17.4 Å². The number of carbonyl (C=O) groups excluding carboxylic acids is 1. The second-order valence-electron chi connectivity index (χ2n) is 4.34. The van der Waals surface area contributed by atoms with Crippen LogP contribution in [0.15, 0.2) is 34.7 Å². The minimum Gasteiger partial charge on any atom is -0.395 e. The SMILES string of the molecule is Cc1ccc2nc(NC(=O)c3ccc([N+](=O)[O-])o3)sc2c1. The van der Waals surface area contributed by atoms with E-state index < -0.39 is 16.7 Å². The number of hydrogen-bond donors (Lipinski definition) is 1. The fraction of sp³-hybridized carbons (Fsp3) is 0.0769. The van der Waals surface area contributed by atoms with Gasteiger partial charge in [0.05, 0.1) is 16.3 Å². The predicted molar refractivity (Wildman–Crippen MR) is 77.7 cm³/mol. The van der Waals surface area contributed by atoms with Crippen LogP contribution in [0.25, 0.3) is 10.2 Å². The molecule has 3 aromatic rings. The van der Waals surface area contributed by atoms with Gasteiger partial charge < -0.3 is 4.42 Å². The average molecular weight is 303 g/mol. The molecule has 3 rings (SSSR count). The van der Waals surface area contributed by atoms with Crippen LogP contribution in [0, 0.1) is 17.0 Å². The molecule has 106 valence electrons. The quantitative estimate of drug-likeness (QED) is 0.591. The second kappa shape index (κ2) is 4.98. The Morgan fingerprint density at radius 1 is 1.38 bits per heavy atom. The summed E-state index contributed by atoms with van der Waals surface area (Å²) < 4.78 is 5.79. The molecule has 0 saturated carbocycles. The molecule has 0 fully saturated rings. The first-order chi connectivity index (χ1) is 10.0. The zero-order valence-corrected chi connectivity index (χ0v) is 11.6. The molecule has 1 aromatic carbocycles. The molecule has 0 bridgehead atoms. The Morgan fingerprint density at radius 2 is 2.19 bits per heavy atom. The number of anilines is 1. The number of thiazole rings is 1. The Balaban J connectivity index is 1.83. The number of nitro groups is 1. The lowest BCUT2D eigenvalue weighted by Crippen LogP contribution is -2.10. The molecule has 0 saturated heterocycles. The first kappa shape index (κ1) is 13.3. The Kier molecular flexibility index (Phi) is 3.15. The summed E-state index contributed by atoms with van der Waals surface area (Å²) in [5.41, 5.74) is 1.89. The number of furan rings is 1. The van der Waals surface area contributed by atoms with Crippen molar-refractivity contribution in [3.05, 3.63) is 51.8 Å². The lowest BCUT2D eigenvalue weighted by atomic mass is 10.2. The number of carbonyl (C=O) groups is 1. The van der Waals surface area contributed by atoms with Crippen molar-refractivity contribution in [2.45, 2.75) is 6.92 Å². The third-order valence-corrected chi connectivity index (χ3v) is 3.69. The molecule has 7 nitrogen and oxygen atoms in total. The lowest BCUT2D eigenvalue weighted by molar-refractivity contribution is -0.402. The number of nitrogens with zero attached hydrogens (tertiary/aromatic N) is 2. The second-order valence-corrected chi connectivity index (χ2v) is 5.37. The lowest BCUT2D eigenvalue weighted by Gasteiger charge is -1.96. The van der Waals surface area contributed by atoms with Gasteiger partial charge in [0.25, 0.3) is 5.91 Å². The van der Waals surface area contributed by atoms with Gasteiger partial charge in [0.1, 0.15) is 4.92 Å². The van der Waals surface area contributed by atoms with Crippen molar-refractivity contribution in [3.63, 3.8) is 0 Å². The summed E-state index contributed by atoms with van der Waals surface area (Å²) in [5, 5.41) is 13.5. The van der Waals surface area contributed by atoms with Gasteiger partial charge in [-0.15, -0.1) is 0 Å². The maximum Gasteiger partial charge on any atom is 0.433 e. The van der Waals surface area contributed by atoms with E-state index >= 15 is 0 Å². The van der Waals surface area contributed by atoms with E-state index in [-0.39, 0.29) is 5.76 Å². The van der Waals surface area contributed by atoms with Crippen LogP contribution in [-0.2, 0) is 0 Å². The molecule has 0 radical (unpaired) electrons. The summed E-state index contributed by atoms with van der Waals surface area (Å²) in [5.74, 6) is -1.17. The Labute approximate surface area is 122 Å². The Morgan fingerprint density at radius 3 is 2.90 bits per heavy atom. The van der Waals surface area contributed by atoms with Gasteiger partial charge in [0.15, 0.2) is 10.9 Å². The Bertz CT molecular complexity index is 852. The molecule has 0 unspecified atom stereocenters. The largest absolute Gasteiger partial charge is 0.433 e. The summed E-state index contributed by atoms with van der Waals surface area (Å²) in [7, 11) is 0. The molecule has 0 aliphatic heterocycles. The zero-order chi connectivity index (χ0) is 15.0. The van der Waals surface area contributed by atoms with E-state index in [0.29, 0.717) is 5.13 Å². The molecule has 21 heavy (non-hydrogen) atoms. The normalized spacial score (nSPS) is 10.7. The molecule has 0 atom stereocenters. The van der Waals surface area contributed by atoms with Crippen LogP contribution in [0.2, 0.25) is 0 Å². The number of rotatable bonds is 3. The van der Waals surface area contributed by atoms with Crippen LogP contribution in [0.3, 0.4) is 0 Å². The standard InChI is InChI=1S/C13H9N3O4S/c1-7-2-3-8-10(6-7)21-13(14-8)15-12(17)9-4-5-11(20-9)16(18)19/h2-6H,1H3,(H,14,15,17). The molecular formula is C13H9N3O4S. The maximum absolute atomic E-state index is 11.9. The molecule has 0 spiro atoms. The smallest absolute Gasteiger partial charge is 0.395 e. The van der Waals surface area contributed by atoms with Gasteiger partial charge in [-0.1, -0.05) is 17.4 Å². The van der Waals surface area contributed by atoms with E-state index in [1.54, 1.807) is 0 Å². The highest BCUT2D eigenvalue weighted by Crippen LogP contribution is 2.27. The summed E-state index contributed by atoms with van der Waals surface area (Å²) in [6, 6.07) is 8.17. The maximum atomic E-state index is 11.9. The molecule has 1 amide bonds. The van der Waals surface area contributed by atoms with Gasteiger partial charge in [-0.05, 0) is 30.7 Å². The molecule has 1 N–H and O–H groups in total. The van der Waals surface area contributed by atoms with Gasteiger partial charge in [-0.3, -0.25) is 20.2 Å². The van der Waals surface area contributed by atoms with Crippen molar-refractivity contribution >= 4 is 38.5 Å². The molecule has 2 heterocycles. The van der Waals surface area contributed by atoms with E-state index in [9.17, 15) is 14.9 Å². The van der Waals surface area contributed by atoms with Crippen molar-refractivity contribution in [1.82, 2.24) is 4.98 Å². The number of benzene rings is 1. The average Bonchev–Trinajstić information content (AvgIpc) is 3.03. The highest BCUT2D eigenvalue weighted by Gasteiger charge is 2.18. The first-order valence-corrected chi connectivity index (χ1v) is 6.77. The number of aromatic nitrogens is 1. The van der Waals surface area contributed by atoms with Crippen LogP contribution in [0.5, 0.6) is 0 Å². The summed E-state index contributed by atoms with van der Waals surface area (Å²) in [6.45, 7) is 1.97. The van der Waals surface area contributed by atoms with Gasteiger partial charge >= 0.3 is 5.88 Å². The zero-order valence-electron chi connectivity index (χ0n) is 10.8. The molecule has 0 aliphatic carbocycles. The summed E-state index contributed by atoms with van der Waals surface area (Å²) in [4.78, 5) is 26.0. The van der Waals surface area contributed by atoms with Crippen LogP contribution in [0.4, 0.5) is 11.0 Å². The van der Waals surface area contributed by atoms with Crippen LogP contribution in [0.1, 0.15) is 16.1 Å². The fourth-order valence-corrected chi connectivity index (χ4v) is 2.75. The summed E-state index contributed by atoms with van der Waals surface area (Å²) in [6.07, 6.45) is 0. The van der Waals surface area contributed by atoms with Crippen LogP contribution < -0.4 is 5.32 Å². The monoisotopic (exact) mass is 303 g/mol. The molecular weight excluding hydrogens is 294 g/mol. The predicted octanol–water partition coefficient (Wildman–Crippen LogP) is 3.36. The highest BCUT2D eigenvalue weighted by molar-refractivity contribution is 7.22. The first-order valence-electron chi connectivity index (χ1n) is 5.96. The summed E-state index contributed by atoms with van der Waals surface area (Å²) >= 11 is 1.33. The van der Waals surface area contributed by atoms with Gasteiger partial charge in [0, 0.05) is 0 Å². The number of nitrogens with one attached hydrogen (secondary N) is 1. The topological polar surface area (TPSA) is 98.3 Å². The van der Waals surface area contributed by atoms with E-state index in [0.717, 1.165) is 21.8 Å². The molecule has 8 heteroatoms. The fourth-order valence-electron chi connectivity index (χ4n) is 1.79.